The van der Waals surface area contributed by atoms with Crippen molar-refractivity contribution in [3.8, 4) is 5.69 Å². The predicted octanol–water partition coefficient (Wildman–Crippen LogP) is 4.24. The second-order valence-corrected chi connectivity index (χ2v) is 8.04. The lowest BCUT2D eigenvalue weighted by molar-refractivity contribution is -0.117. The van der Waals surface area contributed by atoms with Crippen LogP contribution in [0.25, 0.3) is 5.69 Å². The van der Waals surface area contributed by atoms with Crippen molar-refractivity contribution in [3.05, 3.63) is 63.1 Å². The van der Waals surface area contributed by atoms with Crippen LogP contribution in [-0.4, -0.2) is 34.2 Å². The lowest BCUT2D eigenvalue weighted by Gasteiger charge is -2.16. The largest absolute Gasteiger partial charge is 0.322 e. The van der Waals surface area contributed by atoms with Gasteiger partial charge in [-0.1, -0.05) is 17.7 Å². The summed E-state index contributed by atoms with van der Waals surface area (Å²) >= 11 is 1.73. The number of anilines is 1. The third kappa shape index (κ3) is 4.46. The van der Waals surface area contributed by atoms with Crippen molar-refractivity contribution in [1.82, 2.24) is 14.7 Å². The summed E-state index contributed by atoms with van der Waals surface area (Å²) in [5, 5.41) is 9.74. The van der Waals surface area contributed by atoms with Gasteiger partial charge in [0.15, 0.2) is 0 Å². The van der Waals surface area contributed by atoms with Gasteiger partial charge in [0.1, 0.15) is 0 Å². The van der Waals surface area contributed by atoms with Gasteiger partial charge in [0.05, 0.1) is 29.3 Å². The lowest BCUT2D eigenvalue weighted by Crippen LogP contribution is -2.30. The van der Waals surface area contributed by atoms with E-state index in [4.69, 9.17) is 0 Å². The number of carbonyl (C=O) groups is 1. The molecule has 3 rings (SSSR count). The van der Waals surface area contributed by atoms with Crippen molar-refractivity contribution in [1.29, 1.82) is 0 Å². The highest BCUT2D eigenvalue weighted by Gasteiger charge is 2.16. The number of carbonyl (C=O) groups excluding carboxylic acids is 1. The van der Waals surface area contributed by atoms with Gasteiger partial charge in [-0.25, -0.2) is 4.68 Å². The van der Waals surface area contributed by atoms with Crippen LogP contribution in [-0.2, 0) is 11.3 Å². The molecule has 0 fully saturated rings. The van der Waals surface area contributed by atoms with Crippen molar-refractivity contribution in [2.75, 3.05) is 18.9 Å². The van der Waals surface area contributed by atoms with Crippen LogP contribution in [0.4, 0.5) is 5.69 Å². The number of likely N-dealkylation sites (N-methyl/N-ethyl adjacent to an activating group) is 1. The Morgan fingerprint density at radius 2 is 1.85 bits per heavy atom. The molecule has 0 aliphatic heterocycles. The molecule has 3 aromatic rings. The normalized spacial score (nSPS) is 11.2. The number of aryl methyl sites for hydroxylation is 3. The van der Waals surface area contributed by atoms with Gasteiger partial charge in [0.25, 0.3) is 0 Å². The molecule has 6 heteroatoms. The van der Waals surface area contributed by atoms with Crippen LogP contribution < -0.4 is 5.32 Å². The molecule has 142 valence electrons. The standard InChI is InChI=1S/C21H26N4OS/c1-14-6-8-18(9-7-14)25-17(4)21(16(3)23-25)22-20(26)13-24(5)12-19-15(2)10-11-27-19/h6-11H,12-13H2,1-5H3,(H,22,26). The van der Waals surface area contributed by atoms with Gasteiger partial charge in [-0.3, -0.25) is 9.69 Å². The van der Waals surface area contributed by atoms with Crippen molar-refractivity contribution in [2.24, 2.45) is 0 Å². The number of amides is 1. The smallest absolute Gasteiger partial charge is 0.238 e. The fourth-order valence-corrected chi connectivity index (χ4v) is 4.04. The van der Waals surface area contributed by atoms with Gasteiger partial charge >= 0.3 is 0 Å². The molecule has 1 aromatic carbocycles. The Hall–Kier alpha value is -2.44. The van der Waals surface area contributed by atoms with E-state index in [0.717, 1.165) is 29.3 Å². The molecule has 1 amide bonds. The first-order valence-corrected chi connectivity index (χ1v) is 9.87. The number of rotatable bonds is 6. The molecule has 5 nitrogen and oxygen atoms in total. The third-order valence-electron chi connectivity index (χ3n) is 4.63. The number of aromatic nitrogens is 2. The van der Waals surface area contributed by atoms with E-state index in [0.29, 0.717) is 6.54 Å². The Morgan fingerprint density at radius 3 is 2.48 bits per heavy atom. The topological polar surface area (TPSA) is 50.2 Å². The van der Waals surface area contributed by atoms with E-state index in [2.05, 4.69) is 47.8 Å². The van der Waals surface area contributed by atoms with Crippen LogP contribution in [0.5, 0.6) is 0 Å². The minimum atomic E-state index is -0.0265. The molecular formula is C21H26N4OS. The first kappa shape index (κ1) is 19.3. The van der Waals surface area contributed by atoms with E-state index in [1.54, 1.807) is 11.3 Å². The maximum absolute atomic E-state index is 12.5. The van der Waals surface area contributed by atoms with Crippen LogP contribution in [0.1, 0.15) is 27.4 Å². The van der Waals surface area contributed by atoms with E-state index in [-0.39, 0.29) is 5.91 Å². The lowest BCUT2D eigenvalue weighted by atomic mass is 10.2. The van der Waals surface area contributed by atoms with E-state index < -0.39 is 0 Å². The Labute approximate surface area is 164 Å². The fourth-order valence-electron chi connectivity index (χ4n) is 3.05. The summed E-state index contributed by atoms with van der Waals surface area (Å²) in [4.78, 5) is 15.9. The monoisotopic (exact) mass is 382 g/mol. The number of hydrogen-bond acceptors (Lipinski definition) is 4. The second-order valence-electron chi connectivity index (χ2n) is 7.04. The molecule has 2 heterocycles. The average molecular weight is 383 g/mol. The molecule has 0 saturated carbocycles. The first-order valence-electron chi connectivity index (χ1n) is 8.99. The third-order valence-corrected chi connectivity index (χ3v) is 5.64. The highest BCUT2D eigenvalue weighted by molar-refractivity contribution is 7.10. The summed E-state index contributed by atoms with van der Waals surface area (Å²) in [6.07, 6.45) is 0. The molecule has 0 aliphatic rings. The summed E-state index contributed by atoms with van der Waals surface area (Å²) in [6, 6.07) is 10.3. The number of nitrogens with zero attached hydrogens (tertiary/aromatic N) is 3. The SMILES string of the molecule is Cc1ccc(-n2nc(C)c(NC(=O)CN(C)Cc3sccc3C)c2C)cc1. The van der Waals surface area contributed by atoms with Crippen LogP contribution in [0, 0.1) is 27.7 Å². The minimum absolute atomic E-state index is 0.0265. The zero-order valence-corrected chi connectivity index (χ0v) is 17.4. The van der Waals surface area contributed by atoms with E-state index in [1.807, 2.05) is 42.6 Å². The fraction of sp³-hybridized carbons (Fsp3) is 0.333. The highest BCUT2D eigenvalue weighted by Crippen LogP contribution is 2.23. The quantitative estimate of drug-likeness (QED) is 0.694. The number of nitrogens with one attached hydrogen (secondary N) is 1. The Balaban J connectivity index is 1.69. The van der Waals surface area contributed by atoms with E-state index in [9.17, 15) is 4.79 Å². The van der Waals surface area contributed by atoms with Crippen LogP contribution in [0.3, 0.4) is 0 Å². The van der Waals surface area contributed by atoms with Crippen molar-refractivity contribution in [3.63, 3.8) is 0 Å². The summed E-state index contributed by atoms with van der Waals surface area (Å²) in [5.74, 6) is -0.0265. The Morgan fingerprint density at radius 1 is 1.15 bits per heavy atom. The van der Waals surface area contributed by atoms with Gasteiger partial charge in [-0.15, -0.1) is 11.3 Å². The van der Waals surface area contributed by atoms with Crippen LogP contribution >= 0.6 is 11.3 Å². The molecule has 0 bridgehead atoms. The molecule has 0 unspecified atom stereocenters. The Kier molecular flexibility index (Phi) is 5.77. The van der Waals surface area contributed by atoms with Gasteiger partial charge in [0, 0.05) is 11.4 Å². The Bertz CT molecular complexity index is 940. The molecule has 0 aliphatic carbocycles. The van der Waals surface area contributed by atoms with Gasteiger partial charge < -0.3 is 5.32 Å². The van der Waals surface area contributed by atoms with Crippen LogP contribution in [0.15, 0.2) is 35.7 Å². The maximum Gasteiger partial charge on any atom is 0.238 e. The van der Waals surface area contributed by atoms with E-state index >= 15 is 0 Å². The maximum atomic E-state index is 12.5. The molecule has 0 spiro atoms. The summed E-state index contributed by atoms with van der Waals surface area (Å²) in [7, 11) is 1.97. The van der Waals surface area contributed by atoms with Gasteiger partial charge in [0.2, 0.25) is 5.91 Å². The summed E-state index contributed by atoms with van der Waals surface area (Å²) in [5.41, 5.74) is 6.02. The van der Waals surface area contributed by atoms with Gasteiger partial charge in [-0.05, 0) is 63.9 Å². The zero-order chi connectivity index (χ0) is 19.6. The molecule has 0 radical (unpaired) electrons. The van der Waals surface area contributed by atoms with Crippen molar-refractivity contribution >= 4 is 22.9 Å². The number of benzene rings is 1. The highest BCUT2D eigenvalue weighted by atomic mass is 32.1. The van der Waals surface area contributed by atoms with Crippen LogP contribution in [0.2, 0.25) is 0 Å². The summed E-state index contributed by atoms with van der Waals surface area (Å²) in [6.45, 7) is 9.18. The predicted molar refractivity (Wildman–Crippen MR) is 112 cm³/mol. The van der Waals surface area contributed by atoms with E-state index in [1.165, 1.54) is 16.0 Å². The molecule has 27 heavy (non-hydrogen) atoms. The minimum Gasteiger partial charge on any atom is -0.322 e. The zero-order valence-electron chi connectivity index (χ0n) is 16.5. The molecule has 0 saturated heterocycles. The molecule has 2 aromatic heterocycles. The number of thiophene rings is 1. The van der Waals surface area contributed by atoms with Crippen molar-refractivity contribution in [2.45, 2.75) is 34.2 Å². The second kappa shape index (κ2) is 8.06. The molecule has 0 atom stereocenters. The molecular weight excluding hydrogens is 356 g/mol. The average Bonchev–Trinajstić information content (AvgIpc) is 3.13. The van der Waals surface area contributed by atoms with Gasteiger partial charge in [-0.2, -0.15) is 5.10 Å². The first-order chi connectivity index (χ1) is 12.8. The summed E-state index contributed by atoms with van der Waals surface area (Å²) < 4.78 is 1.88. The van der Waals surface area contributed by atoms with Crippen molar-refractivity contribution < 1.29 is 4.79 Å². The number of hydrogen-bond donors (Lipinski definition) is 1. The molecule has 1 N–H and O–H groups in total.